The molecule has 19 heavy (non-hydrogen) atoms. The van der Waals surface area contributed by atoms with Gasteiger partial charge in [-0.3, -0.25) is 0 Å². The highest BCUT2D eigenvalue weighted by Crippen LogP contribution is 2.38. The number of nitrogens with one attached hydrogen (secondary N) is 1. The molecule has 0 aromatic heterocycles. The fourth-order valence-corrected chi connectivity index (χ4v) is 3.82. The molecule has 1 aromatic carbocycles. The maximum Gasteiger partial charge on any atom is 0.0348 e. The third kappa shape index (κ3) is 4.06. The van der Waals surface area contributed by atoms with Gasteiger partial charge in [-0.25, -0.2) is 0 Å². The van der Waals surface area contributed by atoms with E-state index in [1.54, 1.807) is 0 Å². The van der Waals surface area contributed by atoms with Crippen molar-refractivity contribution in [3.8, 4) is 0 Å². The van der Waals surface area contributed by atoms with Crippen molar-refractivity contribution in [2.75, 3.05) is 6.54 Å². The van der Waals surface area contributed by atoms with Gasteiger partial charge in [0.05, 0.1) is 0 Å². The molecule has 2 rings (SSSR count). The average molecular weight is 324 g/mol. The minimum Gasteiger partial charge on any atom is -0.310 e. The van der Waals surface area contributed by atoms with Gasteiger partial charge >= 0.3 is 0 Å². The first-order chi connectivity index (χ1) is 9.24. The summed E-state index contributed by atoms with van der Waals surface area (Å²) >= 11 is 3.60. The quantitative estimate of drug-likeness (QED) is 0.773. The highest BCUT2D eigenvalue weighted by atomic mass is 79.9. The number of halogens is 1. The highest BCUT2D eigenvalue weighted by Gasteiger charge is 2.27. The summed E-state index contributed by atoms with van der Waals surface area (Å²) < 4.78 is 1.19. The van der Waals surface area contributed by atoms with E-state index < -0.39 is 0 Å². The molecule has 0 saturated heterocycles. The van der Waals surface area contributed by atoms with E-state index in [1.807, 2.05) is 0 Å². The molecule has 0 spiro atoms. The van der Waals surface area contributed by atoms with Gasteiger partial charge in [-0.15, -0.1) is 0 Å². The molecular weight excluding hydrogens is 298 g/mol. The Morgan fingerprint density at radius 3 is 2.53 bits per heavy atom. The summed E-state index contributed by atoms with van der Waals surface area (Å²) in [5, 5.41) is 3.71. The monoisotopic (exact) mass is 323 g/mol. The van der Waals surface area contributed by atoms with Crippen LogP contribution in [-0.2, 0) is 0 Å². The number of hydrogen-bond donors (Lipinski definition) is 1. The first-order valence-corrected chi connectivity index (χ1v) is 8.52. The zero-order chi connectivity index (χ0) is 13.7. The molecule has 0 aliphatic heterocycles. The minimum absolute atomic E-state index is 0.528. The van der Waals surface area contributed by atoms with Gasteiger partial charge in [0.1, 0.15) is 0 Å². The molecule has 1 atom stereocenters. The van der Waals surface area contributed by atoms with Crippen molar-refractivity contribution in [3.63, 3.8) is 0 Å². The van der Waals surface area contributed by atoms with Crippen LogP contribution in [-0.4, -0.2) is 6.54 Å². The lowest BCUT2D eigenvalue weighted by molar-refractivity contribution is 0.220. The molecule has 1 aliphatic rings. The Labute approximate surface area is 126 Å². The molecule has 2 heteroatoms. The SMILES string of the molecule is CCNC(c1cccc(Br)c1)C1CCC(CC)CC1. The average Bonchev–Trinajstić information content (AvgIpc) is 2.45. The zero-order valence-corrected chi connectivity index (χ0v) is 13.7. The fourth-order valence-electron chi connectivity index (χ4n) is 3.41. The Balaban J connectivity index is 2.08. The third-order valence-corrected chi connectivity index (χ3v) is 5.07. The van der Waals surface area contributed by atoms with Gasteiger partial charge in [0.2, 0.25) is 0 Å². The highest BCUT2D eigenvalue weighted by molar-refractivity contribution is 9.10. The molecule has 1 aromatic rings. The van der Waals surface area contributed by atoms with Crippen molar-refractivity contribution in [1.82, 2.24) is 5.32 Å². The van der Waals surface area contributed by atoms with Gasteiger partial charge in [-0.05, 0) is 48.9 Å². The van der Waals surface area contributed by atoms with Crippen LogP contribution in [0, 0.1) is 11.8 Å². The van der Waals surface area contributed by atoms with Crippen LogP contribution in [0.2, 0.25) is 0 Å². The number of rotatable bonds is 5. The van der Waals surface area contributed by atoms with Crippen LogP contribution in [0.15, 0.2) is 28.7 Å². The first-order valence-electron chi connectivity index (χ1n) is 7.73. The standard InChI is InChI=1S/C17H26BrN/c1-3-13-8-10-14(11-9-13)17(19-4-2)15-6-5-7-16(18)12-15/h5-7,12-14,17,19H,3-4,8-11H2,1-2H3. The van der Waals surface area contributed by atoms with Gasteiger partial charge in [0, 0.05) is 10.5 Å². The summed E-state index contributed by atoms with van der Waals surface area (Å²) in [6.07, 6.45) is 6.94. The lowest BCUT2D eigenvalue weighted by atomic mass is 9.76. The molecule has 1 unspecified atom stereocenters. The number of hydrogen-bond acceptors (Lipinski definition) is 1. The minimum atomic E-state index is 0.528. The second-order valence-corrected chi connectivity index (χ2v) is 6.70. The van der Waals surface area contributed by atoms with Crippen molar-refractivity contribution in [3.05, 3.63) is 34.3 Å². The largest absolute Gasteiger partial charge is 0.310 e. The predicted molar refractivity (Wildman–Crippen MR) is 86.3 cm³/mol. The van der Waals surface area contributed by atoms with Crippen molar-refractivity contribution >= 4 is 15.9 Å². The third-order valence-electron chi connectivity index (χ3n) is 4.57. The fraction of sp³-hybridized carbons (Fsp3) is 0.647. The van der Waals surface area contributed by atoms with Crippen LogP contribution in [0.3, 0.4) is 0 Å². The van der Waals surface area contributed by atoms with E-state index in [-0.39, 0.29) is 0 Å². The van der Waals surface area contributed by atoms with Crippen molar-refractivity contribution < 1.29 is 0 Å². The topological polar surface area (TPSA) is 12.0 Å². The van der Waals surface area contributed by atoms with Crippen LogP contribution in [0.1, 0.15) is 57.6 Å². The van der Waals surface area contributed by atoms with E-state index in [9.17, 15) is 0 Å². The Morgan fingerprint density at radius 2 is 1.95 bits per heavy atom. The molecule has 1 aliphatic carbocycles. The summed E-state index contributed by atoms with van der Waals surface area (Å²) in [6.45, 7) is 5.59. The van der Waals surface area contributed by atoms with Crippen LogP contribution >= 0.6 is 15.9 Å². The van der Waals surface area contributed by atoms with Gasteiger partial charge < -0.3 is 5.32 Å². The summed E-state index contributed by atoms with van der Waals surface area (Å²) in [5.41, 5.74) is 1.44. The van der Waals surface area contributed by atoms with Crippen LogP contribution in [0.25, 0.3) is 0 Å². The van der Waals surface area contributed by atoms with Crippen LogP contribution in [0.4, 0.5) is 0 Å². The molecule has 1 fully saturated rings. The van der Waals surface area contributed by atoms with Gasteiger partial charge in [0.25, 0.3) is 0 Å². The molecule has 106 valence electrons. The molecule has 0 radical (unpaired) electrons. The first kappa shape index (κ1) is 15.1. The Morgan fingerprint density at radius 1 is 1.21 bits per heavy atom. The van der Waals surface area contributed by atoms with E-state index in [1.165, 1.54) is 42.1 Å². The molecule has 1 saturated carbocycles. The lowest BCUT2D eigenvalue weighted by Crippen LogP contribution is -2.31. The van der Waals surface area contributed by atoms with Crippen LogP contribution in [0.5, 0.6) is 0 Å². The maximum absolute atomic E-state index is 3.71. The second-order valence-electron chi connectivity index (χ2n) is 5.78. The summed E-state index contributed by atoms with van der Waals surface area (Å²) in [5.74, 6) is 1.78. The Bertz CT molecular complexity index is 383. The Hall–Kier alpha value is -0.340. The van der Waals surface area contributed by atoms with E-state index in [2.05, 4.69) is 59.4 Å². The molecule has 1 N–H and O–H groups in total. The summed E-state index contributed by atoms with van der Waals surface area (Å²) in [6, 6.07) is 9.34. The van der Waals surface area contributed by atoms with Gasteiger partial charge in [-0.2, -0.15) is 0 Å². The zero-order valence-electron chi connectivity index (χ0n) is 12.2. The van der Waals surface area contributed by atoms with Gasteiger partial charge in [0.15, 0.2) is 0 Å². The summed E-state index contributed by atoms with van der Waals surface area (Å²) in [7, 11) is 0. The van der Waals surface area contributed by atoms with Crippen molar-refractivity contribution in [1.29, 1.82) is 0 Å². The Kier molecular flexibility index (Phi) is 5.90. The molecule has 1 nitrogen and oxygen atoms in total. The molecule has 0 heterocycles. The number of benzene rings is 1. The van der Waals surface area contributed by atoms with E-state index in [0.717, 1.165) is 18.4 Å². The normalized spacial score (nSPS) is 25.2. The maximum atomic E-state index is 3.71. The molecule has 0 bridgehead atoms. The second kappa shape index (κ2) is 7.44. The smallest absolute Gasteiger partial charge is 0.0348 e. The molecular formula is C17H26BrN. The lowest BCUT2D eigenvalue weighted by Gasteiger charge is -2.34. The predicted octanol–water partition coefficient (Wildman–Crippen LogP) is 5.32. The van der Waals surface area contributed by atoms with E-state index in [0.29, 0.717) is 6.04 Å². The van der Waals surface area contributed by atoms with Gasteiger partial charge in [-0.1, -0.05) is 61.2 Å². The van der Waals surface area contributed by atoms with Crippen molar-refractivity contribution in [2.45, 2.75) is 52.0 Å². The van der Waals surface area contributed by atoms with Crippen molar-refractivity contribution in [2.24, 2.45) is 11.8 Å². The van der Waals surface area contributed by atoms with E-state index in [4.69, 9.17) is 0 Å². The van der Waals surface area contributed by atoms with E-state index >= 15 is 0 Å². The van der Waals surface area contributed by atoms with Crippen LogP contribution < -0.4 is 5.32 Å². The summed E-state index contributed by atoms with van der Waals surface area (Å²) in [4.78, 5) is 0. The molecule has 0 amide bonds.